The van der Waals surface area contributed by atoms with Gasteiger partial charge in [0.15, 0.2) is 0 Å². The smallest absolute Gasteiger partial charge is 0.347 e. The third kappa shape index (κ3) is 2.84. The molecule has 1 N–H and O–H groups in total. The van der Waals surface area contributed by atoms with Crippen molar-refractivity contribution in [3.8, 4) is 11.3 Å². The maximum absolute atomic E-state index is 13.0. The van der Waals surface area contributed by atoms with E-state index in [1.165, 1.54) is 0 Å². The van der Waals surface area contributed by atoms with Crippen molar-refractivity contribution >= 4 is 32.5 Å². The van der Waals surface area contributed by atoms with Gasteiger partial charge >= 0.3 is 5.63 Å². The highest BCUT2D eigenvalue weighted by molar-refractivity contribution is 6.14. The summed E-state index contributed by atoms with van der Waals surface area (Å²) in [5.74, 6) is 0. The van der Waals surface area contributed by atoms with Crippen LogP contribution in [-0.4, -0.2) is 4.57 Å². The summed E-state index contributed by atoms with van der Waals surface area (Å²) in [5.41, 5.74) is 2.32. The van der Waals surface area contributed by atoms with Gasteiger partial charge in [0, 0.05) is 22.7 Å². The van der Waals surface area contributed by atoms with E-state index in [-0.39, 0.29) is 5.49 Å². The van der Waals surface area contributed by atoms with Crippen LogP contribution in [0.2, 0.25) is 0 Å². The van der Waals surface area contributed by atoms with Crippen molar-refractivity contribution in [1.82, 2.24) is 4.57 Å². The van der Waals surface area contributed by atoms with Gasteiger partial charge in [0.1, 0.15) is 16.5 Å². The number of unbranched alkanes of at least 4 members (excludes halogenated alkanes) is 1. The van der Waals surface area contributed by atoms with Gasteiger partial charge in [-0.2, -0.15) is 0 Å². The summed E-state index contributed by atoms with van der Waals surface area (Å²) >= 11 is 0. The molecule has 0 saturated heterocycles. The van der Waals surface area contributed by atoms with Crippen molar-refractivity contribution in [1.29, 1.82) is 5.41 Å². The topological polar surface area (TPSA) is 59.0 Å². The molecular formula is C26H22N2O2. The maximum atomic E-state index is 13.0. The lowest BCUT2D eigenvalue weighted by Crippen LogP contribution is -2.26. The largest absolute Gasteiger partial charge is 0.421 e. The number of hydrogen-bond donors (Lipinski definition) is 1. The van der Waals surface area contributed by atoms with Gasteiger partial charge in [-0.3, -0.25) is 5.41 Å². The first-order valence-electron chi connectivity index (χ1n) is 10.3. The Bertz CT molecular complexity index is 1510. The molecule has 0 atom stereocenters. The first-order chi connectivity index (χ1) is 14.7. The van der Waals surface area contributed by atoms with E-state index in [0.717, 1.165) is 45.6 Å². The quantitative estimate of drug-likeness (QED) is 0.307. The van der Waals surface area contributed by atoms with Gasteiger partial charge in [0.05, 0.1) is 5.69 Å². The Morgan fingerprint density at radius 3 is 2.47 bits per heavy atom. The van der Waals surface area contributed by atoms with Gasteiger partial charge in [0.25, 0.3) is 0 Å². The molecule has 0 radical (unpaired) electrons. The van der Waals surface area contributed by atoms with Crippen molar-refractivity contribution in [2.24, 2.45) is 0 Å². The fraction of sp³-hybridized carbons (Fsp3) is 0.154. The third-order valence-corrected chi connectivity index (χ3v) is 5.72. The zero-order chi connectivity index (χ0) is 20.7. The molecule has 4 nitrogen and oxygen atoms in total. The molecule has 5 aromatic rings. The Kier molecular flexibility index (Phi) is 4.47. The average molecular weight is 394 g/mol. The van der Waals surface area contributed by atoms with E-state index in [4.69, 9.17) is 9.83 Å². The summed E-state index contributed by atoms with van der Waals surface area (Å²) in [6.07, 6.45) is 1.95. The molecule has 0 aliphatic carbocycles. The van der Waals surface area contributed by atoms with Crippen LogP contribution in [0.25, 0.3) is 43.8 Å². The molecule has 5 rings (SSSR count). The van der Waals surface area contributed by atoms with E-state index in [2.05, 4.69) is 6.92 Å². The predicted octanol–water partition coefficient (Wildman–Crippen LogP) is 5.85. The van der Waals surface area contributed by atoms with Crippen LogP contribution in [-0.2, 0) is 6.54 Å². The van der Waals surface area contributed by atoms with E-state index in [1.807, 2.05) is 77.4 Å². The molecule has 0 spiro atoms. The second kappa shape index (κ2) is 7.30. The average Bonchev–Trinajstić information content (AvgIpc) is 2.78. The summed E-state index contributed by atoms with van der Waals surface area (Å²) in [6, 6.07) is 24.1. The van der Waals surface area contributed by atoms with Crippen LogP contribution in [0, 0.1) is 5.41 Å². The summed E-state index contributed by atoms with van der Waals surface area (Å²) in [5, 5.41) is 12.8. The maximum Gasteiger partial charge on any atom is 0.347 e. The van der Waals surface area contributed by atoms with Crippen LogP contribution in [0.3, 0.4) is 0 Å². The first-order valence-corrected chi connectivity index (χ1v) is 10.3. The molecule has 0 unspecified atom stereocenters. The van der Waals surface area contributed by atoms with Crippen molar-refractivity contribution in [2.75, 3.05) is 0 Å². The molecule has 2 aromatic heterocycles. The van der Waals surface area contributed by atoms with E-state index >= 15 is 0 Å². The second-order valence-electron chi connectivity index (χ2n) is 7.59. The Morgan fingerprint density at radius 2 is 1.67 bits per heavy atom. The van der Waals surface area contributed by atoms with Crippen LogP contribution < -0.4 is 11.1 Å². The normalized spacial score (nSPS) is 11.5. The highest BCUT2D eigenvalue weighted by Gasteiger charge is 2.16. The van der Waals surface area contributed by atoms with E-state index < -0.39 is 5.63 Å². The standard InChI is InChI=1S/C26H22N2O2/c1-2-3-15-28-22(18-10-5-4-6-11-18)16-21-20-14-13-17-9-7-8-12-19(17)24(20)30-26(29)23(21)25(28)27/h4-14,16,27H,2-3,15H2,1H3. The lowest BCUT2D eigenvalue weighted by atomic mass is 10.0. The highest BCUT2D eigenvalue weighted by Crippen LogP contribution is 2.31. The van der Waals surface area contributed by atoms with E-state index in [1.54, 1.807) is 0 Å². The molecular weight excluding hydrogens is 372 g/mol. The highest BCUT2D eigenvalue weighted by atomic mass is 16.4. The molecule has 0 aliphatic rings. The van der Waals surface area contributed by atoms with Crippen LogP contribution in [0.5, 0.6) is 0 Å². The Balaban J connectivity index is 1.95. The minimum atomic E-state index is -0.455. The van der Waals surface area contributed by atoms with Crippen LogP contribution >= 0.6 is 0 Å². The third-order valence-electron chi connectivity index (χ3n) is 5.72. The Morgan fingerprint density at radius 1 is 0.900 bits per heavy atom. The van der Waals surface area contributed by atoms with Gasteiger partial charge in [0.2, 0.25) is 0 Å². The first kappa shape index (κ1) is 18.4. The fourth-order valence-corrected chi connectivity index (χ4v) is 4.19. The molecule has 0 aliphatic heterocycles. The zero-order valence-corrected chi connectivity index (χ0v) is 16.8. The fourth-order valence-electron chi connectivity index (χ4n) is 4.19. The monoisotopic (exact) mass is 394 g/mol. The lowest BCUT2D eigenvalue weighted by Gasteiger charge is -2.16. The van der Waals surface area contributed by atoms with Crippen molar-refractivity contribution in [2.45, 2.75) is 26.3 Å². The molecule has 2 heterocycles. The predicted molar refractivity (Wildman–Crippen MR) is 122 cm³/mol. The van der Waals surface area contributed by atoms with Gasteiger partial charge in [-0.15, -0.1) is 0 Å². The molecule has 4 heteroatoms. The number of nitrogens with zero attached hydrogens (tertiary/aromatic N) is 1. The number of pyridine rings is 1. The zero-order valence-electron chi connectivity index (χ0n) is 16.8. The minimum absolute atomic E-state index is 0.212. The van der Waals surface area contributed by atoms with Crippen molar-refractivity contribution < 1.29 is 4.42 Å². The number of rotatable bonds is 4. The summed E-state index contributed by atoms with van der Waals surface area (Å²) < 4.78 is 7.72. The summed E-state index contributed by atoms with van der Waals surface area (Å²) in [7, 11) is 0. The van der Waals surface area contributed by atoms with E-state index in [0.29, 0.717) is 17.5 Å². The molecule has 0 fully saturated rings. The van der Waals surface area contributed by atoms with Gasteiger partial charge < -0.3 is 8.98 Å². The van der Waals surface area contributed by atoms with Crippen LogP contribution in [0.15, 0.2) is 82.0 Å². The number of benzene rings is 3. The van der Waals surface area contributed by atoms with Crippen molar-refractivity contribution in [3.05, 3.63) is 88.7 Å². The molecule has 0 saturated carbocycles. The number of fused-ring (bicyclic) bond motifs is 5. The SMILES string of the molecule is CCCCn1c(-c2ccccc2)cc2c(c(=O)oc3c4ccccc4ccc23)c1=N. The molecule has 0 bridgehead atoms. The van der Waals surface area contributed by atoms with E-state index in [9.17, 15) is 4.79 Å². The minimum Gasteiger partial charge on any atom is -0.421 e. The summed E-state index contributed by atoms with van der Waals surface area (Å²) in [4.78, 5) is 13.0. The van der Waals surface area contributed by atoms with Crippen LogP contribution in [0.1, 0.15) is 19.8 Å². The lowest BCUT2D eigenvalue weighted by molar-refractivity contribution is 0.566. The Labute approximate surface area is 173 Å². The van der Waals surface area contributed by atoms with Crippen LogP contribution in [0.4, 0.5) is 0 Å². The molecule has 3 aromatic carbocycles. The van der Waals surface area contributed by atoms with Gasteiger partial charge in [-0.25, -0.2) is 4.79 Å². The van der Waals surface area contributed by atoms with Gasteiger partial charge in [-0.05, 0) is 29.5 Å². The Hall–Kier alpha value is -3.66. The number of nitrogens with one attached hydrogen (secondary N) is 1. The van der Waals surface area contributed by atoms with Gasteiger partial charge in [-0.1, -0.05) is 74.0 Å². The van der Waals surface area contributed by atoms with Crippen molar-refractivity contribution in [3.63, 3.8) is 0 Å². The molecule has 148 valence electrons. The second-order valence-corrected chi connectivity index (χ2v) is 7.59. The number of aromatic nitrogens is 1. The number of hydrogen-bond acceptors (Lipinski definition) is 3. The summed E-state index contributed by atoms with van der Waals surface area (Å²) in [6.45, 7) is 2.81. The molecule has 0 amide bonds. The molecule has 30 heavy (non-hydrogen) atoms.